The number of benzene rings is 1. The molecule has 0 aliphatic heterocycles. The average Bonchev–Trinajstić information content (AvgIpc) is 2.24. The summed E-state index contributed by atoms with van der Waals surface area (Å²) in [7, 11) is -3.44. The van der Waals surface area contributed by atoms with Crippen LogP contribution in [0.1, 0.15) is 24.8 Å². The molecule has 0 atom stereocenters. The summed E-state index contributed by atoms with van der Waals surface area (Å²) in [5.74, 6) is 0. The predicted molar refractivity (Wildman–Crippen MR) is 70.0 cm³/mol. The van der Waals surface area contributed by atoms with E-state index in [4.69, 9.17) is 5.73 Å². The molecule has 0 aromatic heterocycles. The molecule has 0 bridgehead atoms. The highest BCUT2D eigenvalue weighted by Gasteiger charge is 2.26. The second-order valence-electron chi connectivity index (χ2n) is 4.22. The van der Waals surface area contributed by atoms with Crippen molar-refractivity contribution in [1.29, 1.82) is 0 Å². The van der Waals surface area contributed by atoms with E-state index >= 15 is 0 Å². The van der Waals surface area contributed by atoms with Gasteiger partial charge in [-0.05, 0) is 46.5 Å². The minimum absolute atomic E-state index is 0.0911. The number of hydrogen-bond donors (Lipinski definition) is 2. The van der Waals surface area contributed by atoms with Crippen LogP contribution in [0.5, 0.6) is 0 Å². The molecule has 1 fully saturated rings. The number of halogens is 1. The lowest BCUT2D eigenvalue weighted by Crippen LogP contribution is -2.39. The molecular weight excluding hydrogens is 304 g/mol. The van der Waals surface area contributed by atoms with E-state index in [-0.39, 0.29) is 10.9 Å². The first-order valence-electron chi connectivity index (χ1n) is 5.54. The molecule has 1 aromatic carbocycles. The molecule has 17 heavy (non-hydrogen) atoms. The first kappa shape index (κ1) is 13.0. The van der Waals surface area contributed by atoms with Crippen molar-refractivity contribution in [3.63, 3.8) is 0 Å². The van der Waals surface area contributed by atoms with E-state index in [0.717, 1.165) is 24.8 Å². The standard InChI is InChI=1S/C11H15BrN2O2S/c12-10-5-4-8(7-13)6-11(10)17(15,16)14-9-2-1-3-9/h4-6,9,14H,1-3,7,13H2. The molecule has 1 aliphatic carbocycles. The fourth-order valence-corrected chi connectivity index (χ4v) is 4.01. The maximum Gasteiger partial charge on any atom is 0.241 e. The molecule has 1 saturated carbocycles. The summed E-state index contributed by atoms with van der Waals surface area (Å²) in [4.78, 5) is 0.271. The average molecular weight is 319 g/mol. The topological polar surface area (TPSA) is 72.2 Å². The van der Waals surface area contributed by atoms with Gasteiger partial charge in [0.2, 0.25) is 10.0 Å². The predicted octanol–water partition coefficient (Wildman–Crippen LogP) is 1.74. The van der Waals surface area contributed by atoms with Crippen LogP contribution in [0, 0.1) is 0 Å². The van der Waals surface area contributed by atoms with Crippen LogP contribution in [-0.4, -0.2) is 14.5 Å². The molecule has 4 nitrogen and oxygen atoms in total. The summed E-state index contributed by atoms with van der Waals surface area (Å²) in [5.41, 5.74) is 6.33. The Hall–Kier alpha value is -0.430. The maximum atomic E-state index is 12.1. The molecule has 3 N–H and O–H groups in total. The third kappa shape index (κ3) is 2.88. The highest BCUT2D eigenvalue weighted by molar-refractivity contribution is 9.10. The Morgan fingerprint density at radius 2 is 2.12 bits per heavy atom. The maximum absolute atomic E-state index is 12.1. The Balaban J connectivity index is 2.30. The van der Waals surface area contributed by atoms with Crippen LogP contribution in [-0.2, 0) is 16.6 Å². The van der Waals surface area contributed by atoms with Gasteiger partial charge < -0.3 is 5.73 Å². The highest BCUT2D eigenvalue weighted by Crippen LogP contribution is 2.26. The second kappa shape index (κ2) is 5.06. The molecule has 1 aliphatic rings. The molecule has 0 heterocycles. The van der Waals surface area contributed by atoms with Gasteiger partial charge in [-0.3, -0.25) is 0 Å². The zero-order valence-electron chi connectivity index (χ0n) is 9.32. The van der Waals surface area contributed by atoms with Crippen LogP contribution < -0.4 is 10.5 Å². The number of sulfonamides is 1. The number of rotatable bonds is 4. The summed E-state index contributed by atoms with van der Waals surface area (Å²) in [5, 5.41) is 0. The van der Waals surface area contributed by atoms with E-state index in [0.29, 0.717) is 11.0 Å². The van der Waals surface area contributed by atoms with Gasteiger partial charge in [0.15, 0.2) is 0 Å². The fourth-order valence-electron chi connectivity index (χ4n) is 1.69. The van der Waals surface area contributed by atoms with Crippen LogP contribution >= 0.6 is 15.9 Å². The Morgan fingerprint density at radius 1 is 1.41 bits per heavy atom. The van der Waals surface area contributed by atoms with Gasteiger partial charge in [-0.15, -0.1) is 0 Å². The molecular formula is C11H15BrN2O2S. The highest BCUT2D eigenvalue weighted by atomic mass is 79.9. The molecule has 0 spiro atoms. The summed E-state index contributed by atoms with van der Waals surface area (Å²) in [6.45, 7) is 0.333. The zero-order chi connectivity index (χ0) is 12.5. The van der Waals surface area contributed by atoms with Gasteiger partial charge in [-0.1, -0.05) is 12.5 Å². The van der Waals surface area contributed by atoms with Crippen molar-refractivity contribution in [2.45, 2.75) is 36.7 Å². The van der Waals surface area contributed by atoms with Crippen LogP contribution in [0.25, 0.3) is 0 Å². The first-order chi connectivity index (χ1) is 8.03. The Kier molecular flexibility index (Phi) is 3.87. The van der Waals surface area contributed by atoms with Crippen LogP contribution in [0.15, 0.2) is 27.6 Å². The van der Waals surface area contributed by atoms with Crippen LogP contribution in [0.2, 0.25) is 0 Å². The van der Waals surface area contributed by atoms with Crippen molar-refractivity contribution in [3.05, 3.63) is 28.2 Å². The lowest BCUT2D eigenvalue weighted by atomic mass is 9.94. The summed E-state index contributed by atoms with van der Waals surface area (Å²) < 4.78 is 27.6. The Bertz CT molecular complexity index is 512. The van der Waals surface area contributed by atoms with E-state index in [1.807, 2.05) is 6.07 Å². The van der Waals surface area contributed by atoms with Gasteiger partial charge in [0, 0.05) is 17.1 Å². The van der Waals surface area contributed by atoms with Gasteiger partial charge in [0.05, 0.1) is 4.90 Å². The third-order valence-corrected chi connectivity index (χ3v) is 5.46. The molecule has 0 radical (unpaired) electrons. The Labute approximate surface area is 110 Å². The Morgan fingerprint density at radius 3 is 2.65 bits per heavy atom. The molecule has 1 aromatic rings. The SMILES string of the molecule is NCc1ccc(Br)c(S(=O)(=O)NC2CCC2)c1. The summed E-state index contributed by atoms with van der Waals surface area (Å²) in [6, 6.07) is 5.24. The first-order valence-corrected chi connectivity index (χ1v) is 7.81. The van der Waals surface area contributed by atoms with Crippen molar-refractivity contribution in [2.24, 2.45) is 5.73 Å². The van der Waals surface area contributed by atoms with Crippen molar-refractivity contribution < 1.29 is 8.42 Å². The lowest BCUT2D eigenvalue weighted by molar-refractivity contribution is 0.383. The summed E-state index contributed by atoms with van der Waals surface area (Å²) >= 11 is 3.27. The van der Waals surface area contributed by atoms with Crippen molar-refractivity contribution >= 4 is 26.0 Å². The van der Waals surface area contributed by atoms with E-state index in [1.54, 1.807) is 12.1 Å². The monoisotopic (exact) mass is 318 g/mol. The van der Waals surface area contributed by atoms with E-state index in [1.165, 1.54) is 0 Å². The lowest BCUT2D eigenvalue weighted by Gasteiger charge is -2.26. The molecule has 6 heteroatoms. The van der Waals surface area contributed by atoms with Crippen LogP contribution in [0.3, 0.4) is 0 Å². The second-order valence-corrected chi connectivity index (χ2v) is 6.75. The van der Waals surface area contributed by atoms with Crippen LogP contribution in [0.4, 0.5) is 0 Å². The van der Waals surface area contributed by atoms with Crippen molar-refractivity contribution in [2.75, 3.05) is 0 Å². The van der Waals surface area contributed by atoms with Gasteiger partial charge in [0.25, 0.3) is 0 Å². The normalized spacial score (nSPS) is 16.8. The van der Waals surface area contributed by atoms with Gasteiger partial charge in [-0.25, -0.2) is 13.1 Å². The van der Waals surface area contributed by atoms with Gasteiger partial charge in [-0.2, -0.15) is 0 Å². The summed E-state index contributed by atoms with van der Waals surface area (Å²) in [6.07, 6.45) is 2.94. The third-order valence-electron chi connectivity index (χ3n) is 2.95. The van der Waals surface area contributed by atoms with Crippen molar-refractivity contribution in [1.82, 2.24) is 4.72 Å². The molecule has 0 unspecified atom stereocenters. The molecule has 2 rings (SSSR count). The van der Waals surface area contributed by atoms with Crippen molar-refractivity contribution in [3.8, 4) is 0 Å². The van der Waals surface area contributed by atoms with E-state index in [2.05, 4.69) is 20.7 Å². The molecule has 94 valence electrons. The largest absolute Gasteiger partial charge is 0.326 e. The molecule has 0 saturated heterocycles. The quantitative estimate of drug-likeness (QED) is 0.888. The van der Waals surface area contributed by atoms with Gasteiger partial charge >= 0.3 is 0 Å². The smallest absolute Gasteiger partial charge is 0.241 e. The van der Waals surface area contributed by atoms with E-state index in [9.17, 15) is 8.42 Å². The fraction of sp³-hybridized carbons (Fsp3) is 0.455. The minimum Gasteiger partial charge on any atom is -0.326 e. The molecule has 0 amide bonds. The number of nitrogens with two attached hydrogens (primary N) is 1. The zero-order valence-corrected chi connectivity index (χ0v) is 11.7. The number of hydrogen-bond acceptors (Lipinski definition) is 3. The number of nitrogens with one attached hydrogen (secondary N) is 1. The van der Waals surface area contributed by atoms with E-state index < -0.39 is 10.0 Å². The minimum atomic E-state index is -3.44. The van der Waals surface area contributed by atoms with Gasteiger partial charge in [0.1, 0.15) is 0 Å².